The standard InChI is InChI=1S/C25H32N2O6/c1-24(2,3)33-23(31)27(4)14-25(15-28,16-29)26-22(30)32-13-21-19-11-7-5-9-17(19)18-10-6-8-12-20(18)21/h5-12,21,28-29H,13-16H2,1-4H3,(H,26,30). The van der Waals surface area contributed by atoms with Crippen molar-refractivity contribution >= 4 is 12.2 Å². The van der Waals surface area contributed by atoms with Gasteiger partial charge in [0, 0.05) is 13.0 Å². The first-order chi connectivity index (χ1) is 15.6. The van der Waals surface area contributed by atoms with E-state index >= 15 is 0 Å². The molecule has 1 aliphatic rings. The van der Waals surface area contributed by atoms with Gasteiger partial charge in [0.1, 0.15) is 17.7 Å². The Morgan fingerprint density at radius 2 is 1.48 bits per heavy atom. The number of likely N-dealkylation sites (N-methyl/N-ethyl adjacent to an activating group) is 1. The molecule has 0 atom stereocenters. The van der Waals surface area contributed by atoms with E-state index in [1.54, 1.807) is 20.8 Å². The number of fused-ring (bicyclic) bond motifs is 3. The number of carbonyl (C=O) groups excluding carboxylic acids is 2. The summed E-state index contributed by atoms with van der Waals surface area (Å²) in [5, 5.41) is 22.4. The molecular formula is C25H32N2O6. The van der Waals surface area contributed by atoms with Crippen LogP contribution in [0.3, 0.4) is 0 Å². The lowest BCUT2D eigenvalue weighted by Crippen LogP contribution is -2.61. The number of nitrogens with zero attached hydrogens (tertiary/aromatic N) is 1. The second-order valence-electron chi connectivity index (χ2n) is 9.38. The van der Waals surface area contributed by atoms with Gasteiger partial charge in [-0.05, 0) is 43.0 Å². The SMILES string of the molecule is CN(CC(CO)(CO)NC(=O)OCC1c2ccccc2-c2ccccc21)C(=O)OC(C)(C)C. The Hall–Kier alpha value is -3.10. The fourth-order valence-corrected chi connectivity index (χ4v) is 3.98. The highest BCUT2D eigenvalue weighted by molar-refractivity contribution is 5.79. The smallest absolute Gasteiger partial charge is 0.410 e. The van der Waals surface area contributed by atoms with Crippen LogP contribution in [0, 0.1) is 0 Å². The Kier molecular flexibility index (Phi) is 7.29. The van der Waals surface area contributed by atoms with Crippen molar-refractivity contribution in [2.75, 3.05) is 33.4 Å². The third-order valence-corrected chi connectivity index (χ3v) is 5.56. The molecule has 0 unspecified atom stereocenters. The molecule has 33 heavy (non-hydrogen) atoms. The van der Waals surface area contributed by atoms with E-state index in [1.165, 1.54) is 11.9 Å². The van der Waals surface area contributed by atoms with Gasteiger partial charge in [0.15, 0.2) is 0 Å². The average Bonchev–Trinajstić information content (AvgIpc) is 3.09. The summed E-state index contributed by atoms with van der Waals surface area (Å²) in [4.78, 5) is 26.1. The van der Waals surface area contributed by atoms with Crippen molar-refractivity contribution in [2.45, 2.75) is 37.8 Å². The zero-order valence-corrected chi connectivity index (χ0v) is 19.5. The number of nitrogens with one attached hydrogen (secondary N) is 1. The lowest BCUT2D eigenvalue weighted by Gasteiger charge is -2.35. The van der Waals surface area contributed by atoms with Crippen LogP contribution in [0.25, 0.3) is 11.1 Å². The number of hydrogen-bond donors (Lipinski definition) is 3. The van der Waals surface area contributed by atoms with E-state index in [1.807, 2.05) is 48.5 Å². The van der Waals surface area contributed by atoms with E-state index in [9.17, 15) is 19.8 Å². The highest BCUT2D eigenvalue weighted by Crippen LogP contribution is 2.44. The topological polar surface area (TPSA) is 108 Å². The van der Waals surface area contributed by atoms with Gasteiger partial charge < -0.3 is 29.9 Å². The Labute approximate surface area is 194 Å². The van der Waals surface area contributed by atoms with Crippen LogP contribution in [0.2, 0.25) is 0 Å². The van der Waals surface area contributed by atoms with Crippen molar-refractivity contribution in [1.29, 1.82) is 0 Å². The molecule has 0 saturated carbocycles. The first-order valence-corrected chi connectivity index (χ1v) is 10.9. The van der Waals surface area contributed by atoms with Crippen LogP contribution in [0.5, 0.6) is 0 Å². The molecule has 0 radical (unpaired) electrons. The number of amides is 2. The summed E-state index contributed by atoms with van der Waals surface area (Å²) in [5.41, 5.74) is 2.18. The zero-order chi connectivity index (χ0) is 24.2. The molecule has 3 rings (SSSR count). The van der Waals surface area contributed by atoms with Crippen LogP contribution >= 0.6 is 0 Å². The van der Waals surface area contributed by atoms with Crippen molar-refractivity contribution in [3.05, 3.63) is 59.7 Å². The lowest BCUT2D eigenvalue weighted by molar-refractivity contribution is 0.0125. The molecule has 3 N–H and O–H groups in total. The van der Waals surface area contributed by atoms with E-state index in [2.05, 4.69) is 5.32 Å². The summed E-state index contributed by atoms with van der Waals surface area (Å²) in [7, 11) is 1.47. The molecule has 0 saturated heterocycles. The first-order valence-electron chi connectivity index (χ1n) is 10.9. The predicted molar refractivity (Wildman–Crippen MR) is 124 cm³/mol. The molecule has 8 heteroatoms. The summed E-state index contributed by atoms with van der Waals surface area (Å²) in [6.45, 7) is 3.94. The van der Waals surface area contributed by atoms with Crippen LogP contribution in [-0.2, 0) is 9.47 Å². The van der Waals surface area contributed by atoms with Crippen LogP contribution in [-0.4, -0.2) is 71.9 Å². The van der Waals surface area contributed by atoms with Gasteiger partial charge in [-0.15, -0.1) is 0 Å². The molecular weight excluding hydrogens is 424 g/mol. The predicted octanol–water partition coefficient (Wildman–Crippen LogP) is 3.12. The Balaban J connectivity index is 1.67. The molecule has 178 valence electrons. The second-order valence-corrected chi connectivity index (χ2v) is 9.38. The largest absolute Gasteiger partial charge is 0.449 e. The molecule has 2 aromatic rings. The first kappa shape index (κ1) is 24.5. The summed E-state index contributed by atoms with van der Waals surface area (Å²) in [6.07, 6.45) is -1.43. The maximum Gasteiger partial charge on any atom is 0.410 e. The van der Waals surface area contributed by atoms with Gasteiger partial charge in [0.2, 0.25) is 0 Å². The van der Waals surface area contributed by atoms with Gasteiger partial charge in [-0.25, -0.2) is 9.59 Å². The van der Waals surface area contributed by atoms with E-state index in [-0.39, 0.29) is 19.1 Å². The minimum atomic E-state index is -1.49. The number of aliphatic hydroxyl groups is 2. The fraction of sp³-hybridized carbons (Fsp3) is 0.440. The minimum Gasteiger partial charge on any atom is -0.449 e. The number of rotatable bonds is 7. The molecule has 0 heterocycles. The van der Waals surface area contributed by atoms with Crippen LogP contribution < -0.4 is 5.32 Å². The molecule has 8 nitrogen and oxygen atoms in total. The summed E-state index contributed by atoms with van der Waals surface area (Å²) in [5.74, 6) is -0.120. The van der Waals surface area contributed by atoms with E-state index in [0.717, 1.165) is 22.3 Å². The zero-order valence-electron chi connectivity index (χ0n) is 19.5. The number of hydrogen-bond acceptors (Lipinski definition) is 6. The van der Waals surface area contributed by atoms with Gasteiger partial charge in [0.05, 0.1) is 19.8 Å². The normalized spacial score (nSPS) is 13.2. The molecule has 2 aromatic carbocycles. The van der Waals surface area contributed by atoms with Gasteiger partial charge in [-0.2, -0.15) is 0 Å². The molecule has 2 amide bonds. The number of ether oxygens (including phenoxy) is 2. The van der Waals surface area contributed by atoms with Gasteiger partial charge >= 0.3 is 12.2 Å². The lowest BCUT2D eigenvalue weighted by atomic mass is 9.98. The maximum absolute atomic E-state index is 12.6. The van der Waals surface area contributed by atoms with Crippen LogP contribution in [0.4, 0.5) is 9.59 Å². The van der Waals surface area contributed by atoms with E-state index in [0.29, 0.717) is 0 Å². The molecule has 0 spiro atoms. The Morgan fingerprint density at radius 3 is 1.97 bits per heavy atom. The average molecular weight is 457 g/mol. The molecule has 0 aromatic heterocycles. The number of carbonyl (C=O) groups is 2. The van der Waals surface area contributed by atoms with E-state index < -0.39 is 36.5 Å². The highest BCUT2D eigenvalue weighted by Gasteiger charge is 2.36. The molecule has 0 bridgehead atoms. The van der Waals surface area contributed by atoms with Crippen molar-refractivity contribution in [2.24, 2.45) is 0 Å². The summed E-state index contributed by atoms with van der Waals surface area (Å²) < 4.78 is 10.8. The van der Waals surface area contributed by atoms with Crippen molar-refractivity contribution < 1.29 is 29.3 Å². The van der Waals surface area contributed by atoms with Crippen LogP contribution in [0.1, 0.15) is 37.8 Å². The molecule has 0 fully saturated rings. The number of benzene rings is 2. The monoisotopic (exact) mass is 456 g/mol. The Morgan fingerprint density at radius 1 is 0.970 bits per heavy atom. The van der Waals surface area contributed by atoms with Gasteiger partial charge in [-0.3, -0.25) is 0 Å². The number of alkyl carbamates (subject to hydrolysis) is 1. The van der Waals surface area contributed by atoms with Crippen LogP contribution in [0.15, 0.2) is 48.5 Å². The fourth-order valence-electron chi connectivity index (χ4n) is 3.98. The van der Waals surface area contributed by atoms with Gasteiger partial charge in [-0.1, -0.05) is 48.5 Å². The van der Waals surface area contributed by atoms with Crippen molar-refractivity contribution in [3.8, 4) is 11.1 Å². The third-order valence-electron chi connectivity index (χ3n) is 5.56. The van der Waals surface area contributed by atoms with Crippen molar-refractivity contribution in [1.82, 2.24) is 10.2 Å². The minimum absolute atomic E-state index is 0.0920. The van der Waals surface area contributed by atoms with Crippen molar-refractivity contribution in [3.63, 3.8) is 0 Å². The maximum atomic E-state index is 12.6. The second kappa shape index (κ2) is 9.80. The highest BCUT2D eigenvalue weighted by atomic mass is 16.6. The molecule has 1 aliphatic carbocycles. The summed E-state index contributed by atoms with van der Waals surface area (Å²) >= 11 is 0. The summed E-state index contributed by atoms with van der Waals surface area (Å²) in [6, 6.07) is 16.0. The quantitative estimate of drug-likeness (QED) is 0.591. The molecule has 0 aliphatic heterocycles. The third kappa shape index (κ3) is 5.64. The Bertz CT molecular complexity index is 951. The van der Waals surface area contributed by atoms with E-state index in [4.69, 9.17) is 9.47 Å². The number of aliphatic hydroxyl groups excluding tert-OH is 2. The van der Waals surface area contributed by atoms with Gasteiger partial charge in [0.25, 0.3) is 0 Å².